The summed E-state index contributed by atoms with van der Waals surface area (Å²) in [7, 11) is 0. The standard InChI is InChI=1S/C35H30O2/c1-2-24-8-7-9-25(22-24)14-15-26-23-28(18-21-34(26)37)35(27-16-19-29(36)20-17-27)32-12-5-3-10-30(32)31-11-4-6-13-33(31)35/h3-13,16-23,36-37H,2,14-15H2,1H3. The van der Waals surface area contributed by atoms with Crippen molar-refractivity contribution in [1.82, 2.24) is 0 Å². The third kappa shape index (κ3) is 3.81. The predicted molar refractivity (Wildman–Crippen MR) is 150 cm³/mol. The van der Waals surface area contributed by atoms with Crippen LogP contribution in [0.1, 0.15) is 45.9 Å². The monoisotopic (exact) mass is 482 g/mol. The lowest BCUT2D eigenvalue weighted by molar-refractivity contribution is 0.467. The zero-order chi connectivity index (χ0) is 25.4. The molecular formula is C35H30O2. The highest BCUT2D eigenvalue weighted by atomic mass is 16.3. The van der Waals surface area contributed by atoms with Gasteiger partial charge >= 0.3 is 0 Å². The number of aromatic hydroxyl groups is 2. The normalized spacial score (nSPS) is 13.2. The largest absolute Gasteiger partial charge is 0.508 e. The van der Waals surface area contributed by atoms with Crippen molar-refractivity contribution < 1.29 is 10.2 Å². The van der Waals surface area contributed by atoms with Gasteiger partial charge in [-0.25, -0.2) is 0 Å². The Morgan fingerprint density at radius 3 is 1.86 bits per heavy atom. The first-order valence-electron chi connectivity index (χ1n) is 13.0. The lowest BCUT2D eigenvalue weighted by Gasteiger charge is -2.34. The van der Waals surface area contributed by atoms with Crippen LogP contribution < -0.4 is 0 Å². The van der Waals surface area contributed by atoms with Crippen LogP contribution in [-0.4, -0.2) is 10.2 Å². The third-order valence-corrected chi connectivity index (χ3v) is 7.85. The first kappa shape index (κ1) is 23.1. The first-order chi connectivity index (χ1) is 18.1. The molecule has 0 fully saturated rings. The number of aryl methyl sites for hydroxylation is 3. The van der Waals surface area contributed by atoms with Gasteiger partial charge in [-0.2, -0.15) is 0 Å². The van der Waals surface area contributed by atoms with Gasteiger partial charge in [-0.1, -0.05) is 104 Å². The summed E-state index contributed by atoms with van der Waals surface area (Å²) in [6.07, 6.45) is 2.63. The van der Waals surface area contributed by atoms with Crippen molar-refractivity contribution in [2.24, 2.45) is 0 Å². The molecule has 0 bridgehead atoms. The molecule has 0 amide bonds. The van der Waals surface area contributed by atoms with E-state index in [0.717, 1.165) is 36.0 Å². The molecule has 1 aliphatic rings. The molecule has 0 aliphatic heterocycles. The van der Waals surface area contributed by atoms with Crippen molar-refractivity contribution in [3.63, 3.8) is 0 Å². The fourth-order valence-corrected chi connectivity index (χ4v) is 6.04. The van der Waals surface area contributed by atoms with Crippen molar-refractivity contribution in [1.29, 1.82) is 0 Å². The number of benzene rings is 5. The summed E-state index contributed by atoms with van der Waals surface area (Å²) in [5, 5.41) is 21.0. The van der Waals surface area contributed by atoms with Crippen LogP contribution in [0.3, 0.4) is 0 Å². The van der Waals surface area contributed by atoms with Gasteiger partial charge in [0.05, 0.1) is 5.41 Å². The van der Waals surface area contributed by atoms with Gasteiger partial charge in [0.15, 0.2) is 0 Å². The van der Waals surface area contributed by atoms with E-state index in [1.807, 2.05) is 18.2 Å². The topological polar surface area (TPSA) is 40.5 Å². The van der Waals surface area contributed by atoms with Crippen molar-refractivity contribution in [2.45, 2.75) is 31.6 Å². The summed E-state index contributed by atoms with van der Waals surface area (Å²) in [6.45, 7) is 2.18. The third-order valence-electron chi connectivity index (χ3n) is 7.85. The van der Waals surface area contributed by atoms with E-state index in [1.165, 1.54) is 33.4 Å². The molecule has 5 aromatic rings. The second-order valence-electron chi connectivity index (χ2n) is 9.91. The SMILES string of the molecule is CCc1cccc(CCc2cc(C3(c4ccc(O)cc4)c4ccccc4-c4ccccc43)ccc2O)c1. The fourth-order valence-electron chi connectivity index (χ4n) is 6.04. The van der Waals surface area contributed by atoms with E-state index in [-0.39, 0.29) is 5.75 Å². The molecule has 2 N–H and O–H groups in total. The quantitative estimate of drug-likeness (QED) is 0.254. The van der Waals surface area contributed by atoms with Gasteiger partial charge in [0.1, 0.15) is 11.5 Å². The molecule has 182 valence electrons. The van der Waals surface area contributed by atoms with Crippen LogP contribution in [0.4, 0.5) is 0 Å². The number of hydrogen-bond acceptors (Lipinski definition) is 2. The zero-order valence-electron chi connectivity index (χ0n) is 21.0. The van der Waals surface area contributed by atoms with Crippen LogP contribution in [0, 0.1) is 0 Å². The van der Waals surface area contributed by atoms with E-state index in [4.69, 9.17) is 0 Å². The first-order valence-corrected chi connectivity index (χ1v) is 13.0. The Morgan fingerprint density at radius 1 is 0.568 bits per heavy atom. The molecule has 0 atom stereocenters. The Bertz CT molecular complexity index is 1530. The van der Waals surface area contributed by atoms with Crippen LogP contribution in [0.2, 0.25) is 0 Å². The van der Waals surface area contributed by atoms with Crippen molar-refractivity contribution in [3.05, 3.63) is 154 Å². The fraction of sp³-hybridized carbons (Fsp3) is 0.143. The molecule has 0 unspecified atom stereocenters. The van der Waals surface area contributed by atoms with Crippen LogP contribution >= 0.6 is 0 Å². The summed E-state index contributed by atoms with van der Waals surface area (Å²) in [5.74, 6) is 0.579. The number of fused-ring (bicyclic) bond motifs is 3. The summed E-state index contributed by atoms with van der Waals surface area (Å²) in [4.78, 5) is 0. The number of rotatable bonds is 6. The smallest absolute Gasteiger partial charge is 0.118 e. The molecule has 2 heteroatoms. The molecule has 6 rings (SSSR count). The predicted octanol–water partition coefficient (Wildman–Crippen LogP) is 7.81. The second kappa shape index (κ2) is 9.29. The average molecular weight is 483 g/mol. The van der Waals surface area contributed by atoms with E-state index in [2.05, 4.69) is 91.9 Å². The average Bonchev–Trinajstić information content (AvgIpc) is 3.24. The van der Waals surface area contributed by atoms with Gasteiger partial charge < -0.3 is 10.2 Å². The molecule has 0 heterocycles. The molecular weight excluding hydrogens is 452 g/mol. The minimum absolute atomic E-state index is 0.249. The second-order valence-corrected chi connectivity index (χ2v) is 9.91. The van der Waals surface area contributed by atoms with E-state index in [0.29, 0.717) is 5.75 Å². The Kier molecular flexibility index (Phi) is 5.81. The van der Waals surface area contributed by atoms with Crippen molar-refractivity contribution in [2.75, 3.05) is 0 Å². The summed E-state index contributed by atoms with van der Waals surface area (Å²) in [6, 6.07) is 39.6. The Hall–Kier alpha value is -4.30. The highest BCUT2D eigenvalue weighted by Gasteiger charge is 2.46. The van der Waals surface area contributed by atoms with Crippen LogP contribution in [0.25, 0.3) is 11.1 Å². The van der Waals surface area contributed by atoms with Gasteiger partial charge in [0, 0.05) is 0 Å². The number of hydrogen-bond donors (Lipinski definition) is 2. The van der Waals surface area contributed by atoms with Crippen molar-refractivity contribution >= 4 is 0 Å². The maximum atomic E-state index is 10.9. The van der Waals surface area contributed by atoms with E-state index in [9.17, 15) is 10.2 Å². The maximum Gasteiger partial charge on any atom is 0.118 e. The lowest BCUT2D eigenvalue weighted by atomic mass is 9.67. The Balaban J connectivity index is 1.53. The molecule has 1 aliphatic carbocycles. The van der Waals surface area contributed by atoms with Gasteiger partial charge in [0.2, 0.25) is 0 Å². The molecule has 0 aromatic heterocycles. The van der Waals surface area contributed by atoms with Gasteiger partial charge in [-0.3, -0.25) is 0 Å². The molecule has 5 aromatic carbocycles. The van der Waals surface area contributed by atoms with Crippen LogP contribution in [0.15, 0.2) is 115 Å². The maximum absolute atomic E-state index is 10.9. The summed E-state index contributed by atoms with van der Waals surface area (Å²) < 4.78 is 0. The molecule has 0 spiro atoms. The molecule has 0 radical (unpaired) electrons. The van der Waals surface area contributed by atoms with E-state index in [1.54, 1.807) is 12.1 Å². The van der Waals surface area contributed by atoms with Crippen molar-refractivity contribution in [3.8, 4) is 22.6 Å². The number of phenolic OH excluding ortho intramolecular Hbond substituents is 2. The van der Waals surface area contributed by atoms with Gasteiger partial charge in [-0.15, -0.1) is 0 Å². The highest BCUT2D eigenvalue weighted by molar-refractivity contribution is 5.86. The van der Waals surface area contributed by atoms with Gasteiger partial charge in [0.25, 0.3) is 0 Å². The summed E-state index contributed by atoms with van der Waals surface area (Å²) in [5.41, 5.74) is 10.1. The molecule has 0 saturated heterocycles. The Labute approximate surface area is 218 Å². The van der Waals surface area contributed by atoms with Crippen LogP contribution in [0.5, 0.6) is 11.5 Å². The van der Waals surface area contributed by atoms with E-state index >= 15 is 0 Å². The van der Waals surface area contributed by atoms with Crippen LogP contribution in [-0.2, 0) is 24.7 Å². The highest BCUT2D eigenvalue weighted by Crippen LogP contribution is 2.56. The zero-order valence-corrected chi connectivity index (χ0v) is 21.0. The minimum atomic E-state index is -0.550. The molecule has 0 saturated carbocycles. The molecule has 2 nitrogen and oxygen atoms in total. The van der Waals surface area contributed by atoms with Gasteiger partial charge in [-0.05, 0) is 87.5 Å². The molecule has 37 heavy (non-hydrogen) atoms. The lowest BCUT2D eigenvalue weighted by Crippen LogP contribution is -2.28. The summed E-state index contributed by atoms with van der Waals surface area (Å²) >= 11 is 0. The Morgan fingerprint density at radius 2 is 1.19 bits per heavy atom. The number of phenols is 2. The van der Waals surface area contributed by atoms with E-state index < -0.39 is 5.41 Å². The minimum Gasteiger partial charge on any atom is -0.508 e.